The van der Waals surface area contributed by atoms with Crippen molar-refractivity contribution in [2.75, 3.05) is 12.8 Å². The second kappa shape index (κ2) is 4.62. The van der Waals surface area contributed by atoms with E-state index >= 15 is 0 Å². The third-order valence-corrected chi connectivity index (χ3v) is 2.45. The van der Waals surface area contributed by atoms with E-state index in [0.29, 0.717) is 0 Å². The molecular weight excluding hydrogens is 227 g/mol. The molecule has 0 N–H and O–H groups in total. The Bertz CT molecular complexity index is 253. The van der Waals surface area contributed by atoms with Crippen LogP contribution in [0.5, 0.6) is 0 Å². The number of halogens is 1. The van der Waals surface area contributed by atoms with Crippen molar-refractivity contribution in [1.29, 1.82) is 0 Å². The molecule has 0 saturated heterocycles. The molecule has 0 radical (unpaired) electrons. The monoisotopic (exact) mass is 240 g/mol. The number of nitro groups is 2. The Morgan fingerprint density at radius 3 is 1.93 bits per heavy atom. The number of ether oxygens (including phenoxy) is 1. The molecule has 0 amide bonds. The fourth-order valence-corrected chi connectivity index (χ4v) is 1.37. The van der Waals surface area contributed by atoms with Gasteiger partial charge >= 0.3 is 5.92 Å². The van der Waals surface area contributed by atoms with E-state index in [1.54, 1.807) is 0 Å². The number of hydrogen-bond donors (Lipinski definition) is 0. The van der Waals surface area contributed by atoms with Gasteiger partial charge in [-0.25, -0.2) is 0 Å². The van der Waals surface area contributed by atoms with Crippen molar-refractivity contribution in [1.82, 2.24) is 0 Å². The van der Waals surface area contributed by atoms with E-state index in [1.807, 2.05) is 19.6 Å². The van der Waals surface area contributed by atoms with Gasteiger partial charge in [0.15, 0.2) is 0 Å². The molecule has 15 heavy (non-hydrogen) atoms. The lowest BCUT2D eigenvalue weighted by atomic mass is 10.5. The van der Waals surface area contributed by atoms with Crippen LogP contribution in [-0.4, -0.2) is 36.7 Å². The van der Waals surface area contributed by atoms with Crippen molar-refractivity contribution in [3.63, 3.8) is 0 Å². The minimum absolute atomic E-state index is 0.139. The average molecular weight is 240 g/mol. The van der Waals surface area contributed by atoms with E-state index in [2.05, 4.69) is 4.74 Å². The molecule has 0 aromatic carbocycles. The Balaban J connectivity index is 4.34. The molecule has 0 aromatic heterocycles. The zero-order valence-electron chi connectivity index (χ0n) is 8.73. The molecule has 0 aliphatic carbocycles. The van der Waals surface area contributed by atoms with Crippen LogP contribution >= 0.6 is 0 Å². The van der Waals surface area contributed by atoms with Crippen molar-refractivity contribution < 1.29 is 19.0 Å². The van der Waals surface area contributed by atoms with E-state index in [4.69, 9.17) is 0 Å². The summed E-state index contributed by atoms with van der Waals surface area (Å²) in [5.41, 5.74) is 0. The molecule has 0 rings (SSSR count). The van der Waals surface area contributed by atoms with Crippen LogP contribution in [0.2, 0.25) is 19.6 Å². The van der Waals surface area contributed by atoms with Crippen LogP contribution in [0.4, 0.5) is 4.39 Å². The van der Waals surface area contributed by atoms with Gasteiger partial charge in [0.25, 0.3) is 0 Å². The highest BCUT2D eigenvalue weighted by Gasteiger charge is 2.58. The highest BCUT2D eigenvalue weighted by Crippen LogP contribution is 2.14. The smallest absolute Gasteiger partial charge is 0.367 e. The third-order valence-electron chi connectivity index (χ3n) is 1.38. The summed E-state index contributed by atoms with van der Waals surface area (Å²) in [5, 5.41) is 20.3. The summed E-state index contributed by atoms with van der Waals surface area (Å²) in [5.74, 6) is -3.74. The SMILES string of the molecule is C[Si](C)(C)COCC(F)([N+](=O)[O-])[N+](=O)[O-]. The predicted molar refractivity (Wildman–Crippen MR) is 52.0 cm³/mol. The van der Waals surface area contributed by atoms with Gasteiger partial charge in [-0.1, -0.05) is 24.0 Å². The second-order valence-corrected chi connectivity index (χ2v) is 9.70. The lowest BCUT2D eigenvalue weighted by Crippen LogP contribution is -2.47. The van der Waals surface area contributed by atoms with E-state index in [0.717, 1.165) is 0 Å². The first kappa shape index (κ1) is 13.9. The van der Waals surface area contributed by atoms with Gasteiger partial charge in [-0.15, -0.1) is 0 Å². The number of rotatable bonds is 6. The van der Waals surface area contributed by atoms with E-state index in [-0.39, 0.29) is 6.23 Å². The van der Waals surface area contributed by atoms with Gasteiger partial charge in [-0.05, 0) is 0 Å². The van der Waals surface area contributed by atoms with Gasteiger partial charge in [0.1, 0.15) is 9.85 Å². The predicted octanol–water partition coefficient (Wildman–Crippen LogP) is 1.06. The van der Waals surface area contributed by atoms with E-state index < -0.39 is 30.4 Å². The fourth-order valence-electron chi connectivity index (χ4n) is 0.659. The largest absolute Gasteiger partial charge is 0.637 e. The molecule has 0 aliphatic heterocycles. The molecule has 0 aliphatic rings. The summed E-state index contributed by atoms with van der Waals surface area (Å²) in [7, 11) is -1.66. The molecule has 7 nitrogen and oxygen atoms in total. The maximum Gasteiger partial charge on any atom is 0.637 e. The number of nitrogens with zero attached hydrogens (tertiary/aromatic N) is 2. The fraction of sp³-hybridized carbons (Fsp3) is 1.00. The average Bonchev–Trinajstić information content (AvgIpc) is 2.00. The maximum atomic E-state index is 13.1. The molecule has 0 bridgehead atoms. The normalized spacial score (nSPS) is 12.5. The van der Waals surface area contributed by atoms with Crippen molar-refractivity contribution >= 4 is 8.07 Å². The van der Waals surface area contributed by atoms with E-state index in [9.17, 15) is 24.6 Å². The summed E-state index contributed by atoms with van der Waals surface area (Å²) in [6.07, 6.45) is 0.139. The number of alkyl halides is 1. The Labute approximate surface area is 86.5 Å². The molecule has 0 aromatic rings. The Hall–Kier alpha value is -1.09. The van der Waals surface area contributed by atoms with Crippen LogP contribution in [0.15, 0.2) is 0 Å². The third kappa shape index (κ3) is 4.30. The van der Waals surface area contributed by atoms with Crippen LogP contribution in [0, 0.1) is 20.2 Å². The molecule has 0 atom stereocenters. The van der Waals surface area contributed by atoms with Gasteiger partial charge in [0.2, 0.25) is 6.61 Å². The van der Waals surface area contributed by atoms with Crippen molar-refractivity contribution in [2.45, 2.75) is 25.6 Å². The van der Waals surface area contributed by atoms with Crippen LogP contribution in [-0.2, 0) is 4.74 Å². The van der Waals surface area contributed by atoms with Crippen molar-refractivity contribution in [2.24, 2.45) is 0 Å². The molecule has 9 heteroatoms. The van der Waals surface area contributed by atoms with Gasteiger partial charge in [-0.2, -0.15) is 0 Å². The van der Waals surface area contributed by atoms with Crippen LogP contribution in [0.25, 0.3) is 0 Å². The van der Waals surface area contributed by atoms with Crippen LogP contribution in [0.3, 0.4) is 0 Å². The van der Waals surface area contributed by atoms with Gasteiger partial charge in [0.05, 0.1) is 8.07 Å². The molecule has 88 valence electrons. The van der Waals surface area contributed by atoms with Crippen LogP contribution < -0.4 is 0 Å². The second-order valence-electron chi connectivity index (χ2n) is 4.29. The molecule has 0 spiro atoms. The first-order valence-corrected chi connectivity index (χ1v) is 7.86. The lowest BCUT2D eigenvalue weighted by molar-refractivity contribution is -0.833. The molecule has 0 saturated carbocycles. The minimum Gasteiger partial charge on any atom is -0.367 e. The summed E-state index contributed by atoms with van der Waals surface area (Å²) in [6, 6.07) is 0. The zero-order chi connectivity index (χ0) is 12.3. The molecule has 0 unspecified atom stereocenters. The van der Waals surface area contributed by atoms with Crippen LogP contribution in [0.1, 0.15) is 0 Å². The van der Waals surface area contributed by atoms with Gasteiger partial charge < -0.3 is 4.74 Å². The Morgan fingerprint density at radius 2 is 1.67 bits per heavy atom. The van der Waals surface area contributed by atoms with Crippen molar-refractivity contribution in [3.8, 4) is 0 Å². The van der Waals surface area contributed by atoms with Crippen molar-refractivity contribution in [3.05, 3.63) is 20.2 Å². The maximum absolute atomic E-state index is 13.1. The Morgan fingerprint density at radius 1 is 1.27 bits per heavy atom. The summed E-state index contributed by atoms with van der Waals surface area (Å²) in [4.78, 5) is 17.1. The Kier molecular flexibility index (Phi) is 4.28. The summed E-state index contributed by atoms with van der Waals surface area (Å²) in [6.45, 7) is 4.53. The highest BCUT2D eigenvalue weighted by atomic mass is 28.3. The molecule has 0 heterocycles. The first-order valence-electron chi connectivity index (χ1n) is 4.15. The first-order chi connectivity index (χ1) is 6.59. The highest BCUT2D eigenvalue weighted by molar-refractivity contribution is 6.76. The summed E-state index contributed by atoms with van der Waals surface area (Å²) < 4.78 is 17.8. The summed E-state index contributed by atoms with van der Waals surface area (Å²) >= 11 is 0. The topological polar surface area (TPSA) is 95.5 Å². The quantitative estimate of drug-likeness (QED) is 0.227. The standard InChI is InChI=1S/C6H13FN2O5Si/c1-15(2,3)5-14-4-6(7,8(10)11)9(12)13/h4-5H2,1-3H3. The van der Waals surface area contributed by atoms with E-state index in [1.165, 1.54) is 0 Å². The lowest BCUT2D eigenvalue weighted by Gasteiger charge is -2.16. The molecule has 0 fully saturated rings. The van der Waals surface area contributed by atoms with Gasteiger partial charge in [-0.3, -0.25) is 20.2 Å². The number of hydrogen-bond acceptors (Lipinski definition) is 5. The molecular formula is C6H13FN2O5Si. The zero-order valence-corrected chi connectivity index (χ0v) is 9.73. The van der Waals surface area contributed by atoms with Gasteiger partial charge in [0, 0.05) is 6.23 Å². The minimum atomic E-state index is -3.74.